The molecule has 0 atom stereocenters. The van der Waals surface area contributed by atoms with E-state index >= 15 is 0 Å². The second-order valence-corrected chi connectivity index (χ2v) is 1.97. The predicted octanol–water partition coefficient (Wildman–Crippen LogP) is 1.72. The molecule has 0 aliphatic heterocycles. The summed E-state index contributed by atoms with van der Waals surface area (Å²) >= 11 is 0. The molecular formula is C9H16O3. The largest absolute Gasteiger partial charge is 0.460 e. The molecular weight excluding hydrogens is 156 g/mol. The highest BCUT2D eigenvalue weighted by molar-refractivity contribution is 6.32. The van der Waals surface area contributed by atoms with Crippen molar-refractivity contribution in [2.24, 2.45) is 0 Å². The number of rotatable bonds is 3. The van der Waals surface area contributed by atoms with Gasteiger partial charge in [-0.25, -0.2) is 4.79 Å². The fourth-order valence-electron chi connectivity index (χ4n) is 0.233. The number of hydrogen-bond donors (Lipinski definition) is 0. The molecule has 0 aliphatic carbocycles. The molecule has 0 aromatic heterocycles. The topological polar surface area (TPSA) is 43.4 Å². The van der Waals surface area contributed by atoms with Crippen LogP contribution in [0, 0.1) is 0 Å². The van der Waals surface area contributed by atoms with Gasteiger partial charge in [-0.05, 0) is 13.3 Å². The summed E-state index contributed by atoms with van der Waals surface area (Å²) in [6.45, 7) is 8.64. The van der Waals surface area contributed by atoms with Crippen molar-refractivity contribution in [3.8, 4) is 0 Å². The monoisotopic (exact) mass is 172 g/mol. The van der Waals surface area contributed by atoms with Crippen LogP contribution in [0.4, 0.5) is 0 Å². The Bertz CT molecular complexity index is 150. The maximum absolute atomic E-state index is 10.2. The van der Waals surface area contributed by atoms with E-state index < -0.39 is 11.8 Å². The fourth-order valence-corrected chi connectivity index (χ4v) is 0.233. The van der Waals surface area contributed by atoms with Crippen molar-refractivity contribution in [2.45, 2.75) is 27.2 Å². The molecule has 0 aromatic rings. The van der Waals surface area contributed by atoms with Crippen LogP contribution in [-0.4, -0.2) is 18.4 Å². The molecule has 12 heavy (non-hydrogen) atoms. The summed E-state index contributed by atoms with van der Waals surface area (Å²) in [6, 6.07) is 0. The quantitative estimate of drug-likeness (QED) is 0.370. The molecule has 0 unspecified atom stereocenters. The molecule has 0 bridgehead atoms. The lowest BCUT2D eigenvalue weighted by molar-refractivity contribution is -0.152. The van der Waals surface area contributed by atoms with Gasteiger partial charge >= 0.3 is 5.97 Å². The Labute approximate surface area is 73.4 Å². The van der Waals surface area contributed by atoms with Gasteiger partial charge in [0.2, 0.25) is 5.78 Å². The third kappa shape index (κ3) is 11.6. The molecule has 0 aromatic carbocycles. The van der Waals surface area contributed by atoms with E-state index in [0.717, 1.165) is 6.42 Å². The molecule has 70 valence electrons. The zero-order valence-corrected chi connectivity index (χ0v) is 7.92. The van der Waals surface area contributed by atoms with E-state index in [1.54, 1.807) is 6.92 Å². The van der Waals surface area contributed by atoms with Crippen molar-refractivity contribution in [3.05, 3.63) is 12.7 Å². The van der Waals surface area contributed by atoms with Gasteiger partial charge in [-0.2, -0.15) is 0 Å². The standard InChI is InChI=1S/C5H8O3.C4H8/c1-3-8-5(7)4(2)6;1-3-4-2/h3H2,1-2H3;3H,1,4H2,2H3. The van der Waals surface area contributed by atoms with Crippen LogP contribution in [0.15, 0.2) is 12.7 Å². The summed E-state index contributed by atoms with van der Waals surface area (Å²) in [7, 11) is 0. The van der Waals surface area contributed by atoms with E-state index in [2.05, 4.69) is 18.2 Å². The van der Waals surface area contributed by atoms with Crippen molar-refractivity contribution in [1.82, 2.24) is 0 Å². The number of ether oxygens (including phenoxy) is 1. The molecule has 0 spiro atoms. The first kappa shape index (κ1) is 13.5. The van der Waals surface area contributed by atoms with Gasteiger partial charge < -0.3 is 4.74 Å². The minimum Gasteiger partial charge on any atom is -0.460 e. The molecule has 0 rings (SSSR count). The number of allylic oxidation sites excluding steroid dienone is 1. The van der Waals surface area contributed by atoms with Crippen molar-refractivity contribution < 1.29 is 14.3 Å². The van der Waals surface area contributed by atoms with Crippen LogP contribution in [0.1, 0.15) is 27.2 Å². The highest BCUT2D eigenvalue weighted by Gasteiger charge is 2.05. The van der Waals surface area contributed by atoms with Crippen LogP contribution in [0.2, 0.25) is 0 Å². The van der Waals surface area contributed by atoms with Gasteiger partial charge in [0.25, 0.3) is 0 Å². The normalized spacial score (nSPS) is 7.58. The van der Waals surface area contributed by atoms with E-state index in [4.69, 9.17) is 0 Å². The Balaban J connectivity index is 0. The zero-order chi connectivity index (χ0) is 9.98. The Morgan fingerprint density at radius 2 is 1.83 bits per heavy atom. The smallest absolute Gasteiger partial charge is 0.374 e. The average molecular weight is 172 g/mol. The van der Waals surface area contributed by atoms with Crippen LogP contribution in [0.25, 0.3) is 0 Å². The summed E-state index contributed by atoms with van der Waals surface area (Å²) in [5, 5.41) is 0. The van der Waals surface area contributed by atoms with Gasteiger partial charge in [-0.3, -0.25) is 4.79 Å². The SMILES string of the molecule is C=CCC.CCOC(=O)C(C)=O. The second kappa shape index (κ2) is 9.88. The number of carbonyl (C=O) groups is 2. The summed E-state index contributed by atoms with van der Waals surface area (Å²) in [4.78, 5) is 20.2. The third-order valence-electron chi connectivity index (χ3n) is 0.852. The predicted molar refractivity (Wildman–Crippen MR) is 47.8 cm³/mol. The van der Waals surface area contributed by atoms with Gasteiger partial charge in [-0.1, -0.05) is 13.0 Å². The van der Waals surface area contributed by atoms with Crippen LogP contribution in [-0.2, 0) is 14.3 Å². The maximum Gasteiger partial charge on any atom is 0.374 e. The van der Waals surface area contributed by atoms with Crippen LogP contribution < -0.4 is 0 Å². The summed E-state index contributed by atoms with van der Waals surface area (Å²) in [5.74, 6) is -1.31. The lowest BCUT2D eigenvalue weighted by Gasteiger charge is -1.93. The minimum absolute atomic E-state index is 0.262. The van der Waals surface area contributed by atoms with Crippen molar-refractivity contribution in [3.63, 3.8) is 0 Å². The number of ketones is 1. The lowest BCUT2D eigenvalue weighted by Crippen LogP contribution is -2.12. The molecule has 0 N–H and O–H groups in total. The van der Waals surface area contributed by atoms with Crippen LogP contribution >= 0.6 is 0 Å². The van der Waals surface area contributed by atoms with E-state index in [0.29, 0.717) is 0 Å². The van der Waals surface area contributed by atoms with Crippen LogP contribution in [0.3, 0.4) is 0 Å². The molecule has 3 heteroatoms. The van der Waals surface area contributed by atoms with Gasteiger partial charge in [-0.15, -0.1) is 6.58 Å². The Kier molecular flexibility index (Phi) is 11.1. The van der Waals surface area contributed by atoms with Crippen molar-refractivity contribution in [2.75, 3.05) is 6.61 Å². The van der Waals surface area contributed by atoms with Gasteiger partial charge in [0.1, 0.15) is 0 Å². The minimum atomic E-state index is -0.757. The first-order valence-corrected chi connectivity index (χ1v) is 3.88. The molecule has 0 saturated carbocycles. The summed E-state index contributed by atoms with van der Waals surface area (Å²) in [6.07, 6.45) is 2.96. The number of Topliss-reactive ketones (excluding diaryl/α,β-unsaturated/α-hetero) is 1. The van der Waals surface area contributed by atoms with Gasteiger partial charge in [0.15, 0.2) is 0 Å². The van der Waals surface area contributed by atoms with Gasteiger partial charge in [0.05, 0.1) is 6.61 Å². The van der Waals surface area contributed by atoms with Crippen LogP contribution in [0.5, 0.6) is 0 Å². The van der Waals surface area contributed by atoms with E-state index in [-0.39, 0.29) is 6.61 Å². The zero-order valence-electron chi connectivity index (χ0n) is 7.92. The number of carbonyl (C=O) groups excluding carboxylic acids is 2. The van der Waals surface area contributed by atoms with E-state index in [1.807, 2.05) is 6.08 Å². The summed E-state index contributed by atoms with van der Waals surface area (Å²) < 4.78 is 4.31. The van der Waals surface area contributed by atoms with Gasteiger partial charge in [0, 0.05) is 6.92 Å². The molecule has 0 amide bonds. The lowest BCUT2D eigenvalue weighted by atomic mass is 10.5. The third-order valence-corrected chi connectivity index (χ3v) is 0.852. The first-order chi connectivity index (χ1) is 5.59. The van der Waals surface area contributed by atoms with E-state index in [1.165, 1.54) is 6.92 Å². The first-order valence-electron chi connectivity index (χ1n) is 3.88. The highest BCUT2D eigenvalue weighted by Crippen LogP contribution is 1.77. The van der Waals surface area contributed by atoms with Crippen molar-refractivity contribution in [1.29, 1.82) is 0 Å². The average Bonchev–Trinajstić information content (AvgIpc) is 2.05. The molecule has 3 nitrogen and oxygen atoms in total. The van der Waals surface area contributed by atoms with E-state index in [9.17, 15) is 9.59 Å². The Morgan fingerprint density at radius 3 is 1.92 bits per heavy atom. The van der Waals surface area contributed by atoms with Crippen molar-refractivity contribution >= 4 is 11.8 Å². The molecule has 0 fully saturated rings. The molecule has 0 aliphatic rings. The molecule has 0 heterocycles. The highest BCUT2D eigenvalue weighted by atomic mass is 16.5. The Hall–Kier alpha value is -1.12. The fraction of sp³-hybridized carbons (Fsp3) is 0.556. The number of esters is 1. The second-order valence-electron chi connectivity index (χ2n) is 1.97. The summed E-state index contributed by atoms with van der Waals surface area (Å²) in [5.41, 5.74) is 0. The molecule has 0 radical (unpaired) electrons. The maximum atomic E-state index is 10.2. The Morgan fingerprint density at radius 1 is 1.42 bits per heavy atom. The molecule has 0 saturated heterocycles. The number of hydrogen-bond acceptors (Lipinski definition) is 3.